The van der Waals surface area contributed by atoms with Crippen LogP contribution in [0.15, 0.2) is 30.9 Å². The first-order valence-corrected chi connectivity index (χ1v) is 12.4. The van der Waals surface area contributed by atoms with Crippen LogP contribution in [0.2, 0.25) is 5.02 Å². The average Bonchev–Trinajstić information content (AvgIpc) is 3.45. The van der Waals surface area contributed by atoms with Gasteiger partial charge in [-0.3, -0.25) is 4.79 Å². The van der Waals surface area contributed by atoms with Crippen LogP contribution >= 0.6 is 22.9 Å². The number of carbonyl (C=O) groups excluding carboxylic acids is 1. The highest BCUT2D eigenvalue weighted by atomic mass is 35.5. The molecule has 1 amide bonds. The quantitative estimate of drug-likeness (QED) is 0.357. The molecular weight excluding hydrogens is 522 g/mol. The molecule has 0 saturated heterocycles. The minimum Gasteiger partial charge on any atom is -0.491 e. The predicted octanol–water partition coefficient (Wildman–Crippen LogP) is 5.06. The molecule has 0 unspecified atom stereocenters. The monoisotopic (exact) mass is 538 g/mol. The molecule has 2 aliphatic rings. The summed E-state index contributed by atoms with van der Waals surface area (Å²) in [6.07, 6.45) is 1.77. The second kappa shape index (κ2) is 8.54. The van der Waals surface area contributed by atoms with Gasteiger partial charge in [0.2, 0.25) is 5.91 Å². The topological polar surface area (TPSA) is 110 Å². The summed E-state index contributed by atoms with van der Waals surface area (Å²) in [6, 6.07) is 5.64. The highest BCUT2D eigenvalue weighted by molar-refractivity contribution is 7.23. The van der Waals surface area contributed by atoms with E-state index >= 15 is 4.39 Å². The highest BCUT2D eigenvalue weighted by Crippen LogP contribution is 2.49. The third-order valence-corrected chi connectivity index (χ3v) is 8.08. The molecule has 8 nitrogen and oxygen atoms in total. The van der Waals surface area contributed by atoms with Crippen LogP contribution in [0, 0.1) is 23.0 Å². The van der Waals surface area contributed by atoms with Crippen LogP contribution in [0.5, 0.6) is 5.75 Å². The molecule has 6 rings (SSSR count). The average molecular weight is 539 g/mol. The van der Waals surface area contributed by atoms with E-state index in [4.69, 9.17) is 22.1 Å². The summed E-state index contributed by atoms with van der Waals surface area (Å²) in [7, 11) is 0. The fourth-order valence-electron chi connectivity index (χ4n) is 5.05. The van der Waals surface area contributed by atoms with E-state index in [9.17, 15) is 14.4 Å². The van der Waals surface area contributed by atoms with Crippen molar-refractivity contribution in [1.29, 1.82) is 5.26 Å². The van der Waals surface area contributed by atoms with Crippen molar-refractivity contribution >= 4 is 43.9 Å². The number of rotatable bonds is 2. The van der Waals surface area contributed by atoms with Gasteiger partial charge in [0, 0.05) is 23.9 Å². The molecule has 0 spiro atoms. The van der Waals surface area contributed by atoms with Crippen LogP contribution in [0.1, 0.15) is 23.9 Å². The maximum Gasteiger partial charge on any atom is 0.246 e. The van der Waals surface area contributed by atoms with Gasteiger partial charge in [-0.15, -0.1) is 21.5 Å². The Hall–Kier alpha value is -4.01. The minimum absolute atomic E-state index is 0.0297. The molecule has 2 aromatic carbocycles. The molecule has 0 radical (unpaired) electrons. The third-order valence-electron chi connectivity index (χ3n) is 6.69. The van der Waals surface area contributed by atoms with Crippen LogP contribution in [0.25, 0.3) is 32.6 Å². The molecule has 4 aromatic rings. The Labute approximate surface area is 218 Å². The maximum atomic E-state index is 15.9. The summed E-state index contributed by atoms with van der Waals surface area (Å²) in [4.78, 5) is 13.9. The fraction of sp³-hybridized carbons (Fsp3) is 0.200. The van der Waals surface area contributed by atoms with Crippen molar-refractivity contribution in [3.63, 3.8) is 0 Å². The van der Waals surface area contributed by atoms with Gasteiger partial charge in [0.05, 0.1) is 40.0 Å². The van der Waals surface area contributed by atoms with Crippen molar-refractivity contribution in [3.05, 3.63) is 58.9 Å². The zero-order valence-corrected chi connectivity index (χ0v) is 20.7. The van der Waals surface area contributed by atoms with E-state index in [1.165, 1.54) is 24.3 Å². The van der Waals surface area contributed by atoms with Crippen molar-refractivity contribution in [3.8, 4) is 34.3 Å². The smallest absolute Gasteiger partial charge is 0.246 e. The Morgan fingerprint density at radius 2 is 2.14 bits per heavy atom. The molecule has 0 bridgehead atoms. The molecule has 0 saturated carbocycles. The van der Waals surface area contributed by atoms with Gasteiger partial charge in [-0.2, -0.15) is 5.26 Å². The van der Waals surface area contributed by atoms with Gasteiger partial charge in [-0.25, -0.2) is 8.78 Å². The van der Waals surface area contributed by atoms with Crippen LogP contribution < -0.4 is 10.5 Å². The molecule has 2 N–H and O–H groups in total. The summed E-state index contributed by atoms with van der Waals surface area (Å²) in [5.74, 6) is -0.356. The first-order valence-electron chi connectivity index (χ1n) is 11.2. The molecule has 12 heteroatoms. The number of hydrogen-bond donors (Lipinski definition) is 1. The molecule has 2 aromatic heterocycles. The largest absolute Gasteiger partial charge is 0.491 e. The number of benzene rings is 2. The van der Waals surface area contributed by atoms with Crippen LogP contribution in [0.4, 0.5) is 13.8 Å². The number of carbonyl (C=O) groups is 1. The van der Waals surface area contributed by atoms with Gasteiger partial charge in [0.15, 0.2) is 11.6 Å². The lowest BCUT2D eigenvalue weighted by atomic mass is 9.96. The number of thiophene rings is 1. The fourth-order valence-corrected chi connectivity index (χ4v) is 6.35. The lowest BCUT2D eigenvalue weighted by molar-refractivity contribution is -0.128. The first kappa shape index (κ1) is 23.4. The van der Waals surface area contributed by atoms with Crippen molar-refractivity contribution in [2.75, 3.05) is 18.9 Å². The number of hydrogen-bond acceptors (Lipinski definition) is 7. The highest BCUT2D eigenvalue weighted by Gasteiger charge is 2.35. The summed E-state index contributed by atoms with van der Waals surface area (Å²) in [5.41, 5.74) is 6.53. The number of aromatic nitrogens is 3. The minimum atomic E-state index is -0.706. The summed E-state index contributed by atoms with van der Waals surface area (Å²) in [6.45, 7) is 4.42. The number of nitrogens with two attached hydrogens (primary N) is 1. The van der Waals surface area contributed by atoms with E-state index in [-0.39, 0.29) is 67.7 Å². The zero-order valence-electron chi connectivity index (χ0n) is 19.1. The number of nitrogens with zero attached hydrogens (tertiary/aromatic N) is 5. The molecular formula is C25H17ClF2N6O2S. The van der Waals surface area contributed by atoms with Crippen LogP contribution in [0.3, 0.4) is 0 Å². The van der Waals surface area contributed by atoms with Crippen molar-refractivity contribution in [2.24, 2.45) is 0 Å². The number of amides is 1. The number of nitriles is 1. The Morgan fingerprint density at radius 1 is 1.32 bits per heavy atom. The molecule has 0 aliphatic carbocycles. The summed E-state index contributed by atoms with van der Waals surface area (Å²) >= 11 is 7.70. The Balaban J connectivity index is 1.56. The second-order valence-electron chi connectivity index (χ2n) is 8.70. The third kappa shape index (κ3) is 3.40. The maximum absolute atomic E-state index is 15.9. The number of fused-ring (bicyclic) bond motifs is 3. The Bertz CT molecular complexity index is 1690. The lowest BCUT2D eigenvalue weighted by Gasteiger charge is -2.35. The predicted molar refractivity (Wildman–Crippen MR) is 135 cm³/mol. The number of halogens is 3. The zero-order chi connectivity index (χ0) is 26.0. The number of nitrogen functional groups attached to an aromatic ring is 1. The molecule has 186 valence electrons. The van der Waals surface area contributed by atoms with Gasteiger partial charge in [0.1, 0.15) is 28.5 Å². The van der Waals surface area contributed by atoms with Crippen molar-refractivity contribution in [2.45, 2.75) is 19.0 Å². The van der Waals surface area contributed by atoms with Gasteiger partial charge in [0.25, 0.3) is 0 Å². The van der Waals surface area contributed by atoms with E-state index < -0.39 is 11.6 Å². The summed E-state index contributed by atoms with van der Waals surface area (Å²) in [5, 5.41) is 18.5. The van der Waals surface area contributed by atoms with Crippen molar-refractivity contribution < 1.29 is 18.3 Å². The van der Waals surface area contributed by atoms with Crippen LogP contribution in [-0.4, -0.2) is 38.7 Å². The standard InChI is InChI=1S/C25H17ClF2N6O2S/c1-2-18(35)33-9-11-5-6-36-22-13(25-32-31-17(10-33)34(11)25)7-16(28)20(21(22)26)12-3-4-15(27)23-19(12)14(8-29)24(30)37-23/h2-4,7,11H,1,5-6,9-10,30H2/t11-/m0/s1. The molecule has 0 fully saturated rings. The van der Waals surface area contributed by atoms with Crippen LogP contribution in [-0.2, 0) is 11.3 Å². The van der Waals surface area contributed by atoms with E-state index in [2.05, 4.69) is 16.8 Å². The first-order chi connectivity index (χ1) is 17.8. The number of ether oxygens (including phenoxy) is 1. The molecule has 2 aliphatic heterocycles. The van der Waals surface area contributed by atoms with Gasteiger partial charge < -0.3 is 19.9 Å². The van der Waals surface area contributed by atoms with Gasteiger partial charge in [-0.1, -0.05) is 24.2 Å². The van der Waals surface area contributed by atoms with E-state index in [1.54, 1.807) is 4.90 Å². The SMILES string of the molecule is C=CC(=O)N1Cc2nnc3n2[C@@H](CCOc2c-3cc(F)c(-c3ccc(F)c4sc(N)c(C#N)c34)c2Cl)C1. The van der Waals surface area contributed by atoms with E-state index in [1.807, 2.05) is 10.6 Å². The van der Waals surface area contributed by atoms with E-state index in [0.29, 0.717) is 30.2 Å². The van der Waals surface area contributed by atoms with E-state index in [0.717, 1.165) is 11.3 Å². The normalized spacial score (nSPS) is 16.3. The van der Waals surface area contributed by atoms with Gasteiger partial charge >= 0.3 is 0 Å². The summed E-state index contributed by atoms with van der Waals surface area (Å²) < 4.78 is 38.5. The van der Waals surface area contributed by atoms with Gasteiger partial charge in [-0.05, 0) is 23.8 Å². The molecule has 1 atom stereocenters. The number of anilines is 1. The molecule has 37 heavy (non-hydrogen) atoms. The van der Waals surface area contributed by atoms with Crippen molar-refractivity contribution in [1.82, 2.24) is 19.7 Å². The molecule has 4 heterocycles. The Morgan fingerprint density at radius 3 is 2.89 bits per heavy atom. The Kier molecular flexibility index (Phi) is 5.40. The lowest BCUT2D eigenvalue weighted by Crippen LogP contribution is -2.41. The second-order valence-corrected chi connectivity index (χ2v) is 10.1.